The molecule has 0 aromatic heterocycles. The van der Waals surface area contributed by atoms with Crippen LogP contribution in [0.5, 0.6) is 0 Å². The molecular formula is C11H12FN. The average molecular weight is 177 g/mol. The smallest absolute Gasteiger partial charge is 0.130 e. The zero-order valence-electron chi connectivity index (χ0n) is 7.84. The molecule has 0 aliphatic rings. The normalized spacial score (nSPS) is 10.9. The highest BCUT2D eigenvalue weighted by Crippen LogP contribution is 2.24. The molecule has 0 bridgehead atoms. The summed E-state index contributed by atoms with van der Waals surface area (Å²) in [4.78, 5) is 0. The molecule has 0 fully saturated rings. The summed E-state index contributed by atoms with van der Waals surface area (Å²) in [5.74, 6) is 0. The Bertz CT molecular complexity index is 331. The van der Waals surface area contributed by atoms with Gasteiger partial charge in [-0.3, -0.25) is 0 Å². The molecule has 0 N–H and O–H groups in total. The summed E-state index contributed by atoms with van der Waals surface area (Å²) in [6.07, 6.45) is 0.337. The second-order valence-corrected chi connectivity index (χ2v) is 3.51. The molecule has 0 saturated carbocycles. The largest absolute Gasteiger partial charge is 0.239 e. The van der Waals surface area contributed by atoms with Gasteiger partial charge in [-0.25, -0.2) is 4.39 Å². The van der Waals surface area contributed by atoms with Crippen LogP contribution in [-0.4, -0.2) is 0 Å². The van der Waals surface area contributed by atoms with Gasteiger partial charge in [0, 0.05) is 0 Å². The van der Waals surface area contributed by atoms with Crippen LogP contribution in [0.4, 0.5) is 4.39 Å². The maximum Gasteiger partial charge on any atom is 0.130 e. The van der Waals surface area contributed by atoms with E-state index in [-0.39, 0.29) is 0 Å². The van der Waals surface area contributed by atoms with E-state index in [1.165, 1.54) is 13.8 Å². The predicted octanol–water partition coefficient (Wildman–Crippen LogP) is 2.96. The second-order valence-electron chi connectivity index (χ2n) is 3.51. The van der Waals surface area contributed by atoms with Gasteiger partial charge in [0.05, 0.1) is 12.5 Å². The lowest BCUT2D eigenvalue weighted by Crippen LogP contribution is -2.09. The van der Waals surface area contributed by atoms with Gasteiger partial charge < -0.3 is 0 Å². The highest BCUT2D eigenvalue weighted by molar-refractivity contribution is 5.28. The van der Waals surface area contributed by atoms with Crippen LogP contribution < -0.4 is 0 Å². The zero-order valence-corrected chi connectivity index (χ0v) is 7.84. The molecule has 0 atom stereocenters. The van der Waals surface area contributed by atoms with Crippen molar-refractivity contribution in [1.29, 1.82) is 5.26 Å². The minimum atomic E-state index is -1.33. The Morgan fingerprint density at radius 1 is 1.46 bits per heavy atom. The third kappa shape index (κ3) is 2.55. The van der Waals surface area contributed by atoms with Crippen molar-refractivity contribution in [3.8, 4) is 6.07 Å². The van der Waals surface area contributed by atoms with E-state index in [1.54, 1.807) is 18.2 Å². The van der Waals surface area contributed by atoms with Crippen molar-refractivity contribution in [2.45, 2.75) is 25.9 Å². The average Bonchev–Trinajstić information content (AvgIpc) is 2.04. The van der Waals surface area contributed by atoms with Gasteiger partial charge >= 0.3 is 0 Å². The summed E-state index contributed by atoms with van der Waals surface area (Å²) in [5, 5.41) is 8.47. The molecule has 0 aliphatic heterocycles. The lowest BCUT2D eigenvalue weighted by molar-refractivity contribution is 0.221. The van der Waals surface area contributed by atoms with Gasteiger partial charge in [0.1, 0.15) is 5.67 Å². The van der Waals surface area contributed by atoms with Crippen molar-refractivity contribution in [1.82, 2.24) is 0 Å². The number of benzene rings is 1. The van der Waals surface area contributed by atoms with E-state index in [1.807, 2.05) is 12.1 Å². The standard InChI is InChI=1S/C11H12FN/c1-11(2,12)10-5-3-4-9(8-10)6-7-13/h3-5,8H,6H2,1-2H3. The summed E-state index contributed by atoms with van der Waals surface area (Å²) in [6.45, 7) is 3.02. The number of rotatable bonds is 2. The van der Waals surface area contributed by atoms with Crippen LogP contribution in [0.15, 0.2) is 24.3 Å². The number of nitrogens with zero attached hydrogens (tertiary/aromatic N) is 1. The van der Waals surface area contributed by atoms with Gasteiger partial charge in [-0.1, -0.05) is 24.3 Å². The predicted molar refractivity (Wildman–Crippen MR) is 49.9 cm³/mol. The molecule has 1 aromatic carbocycles. The maximum absolute atomic E-state index is 13.5. The van der Waals surface area contributed by atoms with Gasteiger partial charge in [0.15, 0.2) is 0 Å². The van der Waals surface area contributed by atoms with E-state index < -0.39 is 5.67 Å². The van der Waals surface area contributed by atoms with Crippen molar-refractivity contribution in [3.05, 3.63) is 35.4 Å². The van der Waals surface area contributed by atoms with Crippen LogP contribution in [0.2, 0.25) is 0 Å². The zero-order chi connectivity index (χ0) is 9.90. The first-order chi connectivity index (χ1) is 6.04. The molecule has 1 rings (SSSR count). The molecule has 68 valence electrons. The quantitative estimate of drug-likeness (QED) is 0.681. The lowest BCUT2D eigenvalue weighted by Gasteiger charge is -2.14. The molecule has 0 radical (unpaired) electrons. The third-order valence-electron chi connectivity index (χ3n) is 1.90. The second kappa shape index (κ2) is 3.57. The van der Waals surface area contributed by atoms with Crippen LogP contribution in [-0.2, 0) is 12.1 Å². The van der Waals surface area contributed by atoms with E-state index >= 15 is 0 Å². The van der Waals surface area contributed by atoms with Gasteiger partial charge in [0.25, 0.3) is 0 Å². The van der Waals surface area contributed by atoms with Crippen molar-refractivity contribution in [2.75, 3.05) is 0 Å². The van der Waals surface area contributed by atoms with Gasteiger partial charge in [-0.05, 0) is 25.0 Å². The Hall–Kier alpha value is -1.36. The van der Waals surface area contributed by atoms with Crippen molar-refractivity contribution < 1.29 is 4.39 Å². The van der Waals surface area contributed by atoms with Crippen molar-refractivity contribution in [3.63, 3.8) is 0 Å². The molecular weight excluding hydrogens is 165 g/mol. The highest BCUT2D eigenvalue weighted by Gasteiger charge is 2.18. The first-order valence-electron chi connectivity index (χ1n) is 4.19. The monoisotopic (exact) mass is 177 g/mol. The molecule has 13 heavy (non-hydrogen) atoms. The summed E-state index contributed by atoms with van der Waals surface area (Å²) in [5.41, 5.74) is 0.164. The van der Waals surface area contributed by atoms with E-state index in [0.29, 0.717) is 12.0 Å². The van der Waals surface area contributed by atoms with Crippen LogP contribution in [0, 0.1) is 11.3 Å². The van der Waals surface area contributed by atoms with Gasteiger partial charge in [-0.2, -0.15) is 5.26 Å². The first kappa shape index (κ1) is 9.73. The Morgan fingerprint density at radius 3 is 2.69 bits per heavy atom. The van der Waals surface area contributed by atoms with E-state index in [0.717, 1.165) is 5.56 Å². The summed E-state index contributed by atoms with van der Waals surface area (Å²) < 4.78 is 13.5. The highest BCUT2D eigenvalue weighted by atomic mass is 19.1. The molecule has 0 amide bonds. The van der Waals surface area contributed by atoms with Gasteiger partial charge in [0.2, 0.25) is 0 Å². The van der Waals surface area contributed by atoms with E-state index in [9.17, 15) is 4.39 Å². The molecule has 0 aliphatic carbocycles. The first-order valence-corrected chi connectivity index (χ1v) is 4.19. The fraction of sp³-hybridized carbons (Fsp3) is 0.364. The van der Waals surface area contributed by atoms with Crippen LogP contribution >= 0.6 is 0 Å². The Balaban J connectivity index is 3.00. The van der Waals surface area contributed by atoms with Crippen molar-refractivity contribution >= 4 is 0 Å². The maximum atomic E-state index is 13.5. The summed E-state index contributed by atoms with van der Waals surface area (Å²) in [7, 11) is 0. The Kier molecular flexibility index (Phi) is 2.67. The number of halogens is 1. The minimum absolute atomic E-state index is 0.337. The molecule has 0 spiro atoms. The number of nitriles is 1. The van der Waals surface area contributed by atoms with E-state index in [2.05, 4.69) is 0 Å². The van der Waals surface area contributed by atoms with Gasteiger partial charge in [-0.15, -0.1) is 0 Å². The fourth-order valence-electron chi connectivity index (χ4n) is 1.14. The molecule has 0 unspecified atom stereocenters. The molecule has 0 saturated heterocycles. The fourth-order valence-corrected chi connectivity index (χ4v) is 1.14. The summed E-state index contributed by atoms with van der Waals surface area (Å²) in [6, 6.07) is 9.13. The topological polar surface area (TPSA) is 23.8 Å². The third-order valence-corrected chi connectivity index (χ3v) is 1.90. The number of hydrogen-bond acceptors (Lipinski definition) is 1. The van der Waals surface area contributed by atoms with E-state index in [4.69, 9.17) is 5.26 Å². The van der Waals surface area contributed by atoms with Crippen LogP contribution in [0.1, 0.15) is 25.0 Å². The molecule has 1 aromatic rings. The van der Waals surface area contributed by atoms with Crippen LogP contribution in [0.25, 0.3) is 0 Å². The minimum Gasteiger partial charge on any atom is -0.239 e. The Morgan fingerprint density at radius 2 is 2.15 bits per heavy atom. The molecule has 1 nitrogen and oxygen atoms in total. The molecule has 0 heterocycles. The van der Waals surface area contributed by atoms with Crippen LogP contribution in [0.3, 0.4) is 0 Å². The SMILES string of the molecule is CC(C)(F)c1cccc(CC#N)c1. The molecule has 2 heteroatoms. The number of alkyl halides is 1. The van der Waals surface area contributed by atoms with Crippen molar-refractivity contribution in [2.24, 2.45) is 0 Å². The summed E-state index contributed by atoms with van der Waals surface area (Å²) >= 11 is 0. The Labute approximate surface area is 77.8 Å². The number of hydrogen-bond donors (Lipinski definition) is 0. The lowest BCUT2D eigenvalue weighted by atomic mass is 9.97.